The number of aliphatic hydroxyl groups is 1. The van der Waals surface area contributed by atoms with E-state index in [0.29, 0.717) is 17.9 Å². The fourth-order valence-electron chi connectivity index (χ4n) is 3.59. The average Bonchev–Trinajstić information content (AvgIpc) is 2.88. The molecule has 1 saturated carbocycles. The lowest BCUT2D eigenvalue weighted by molar-refractivity contribution is -0.313. The predicted octanol–water partition coefficient (Wildman–Crippen LogP) is 4.23. The highest BCUT2D eigenvalue weighted by Crippen LogP contribution is 2.50. The van der Waals surface area contributed by atoms with E-state index in [9.17, 15) is 23.1 Å². The topological polar surface area (TPSA) is 52.9 Å². The van der Waals surface area contributed by atoms with Crippen LogP contribution in [0.25, 0.3) is 0 Å². The average molecular weight is 375 g/mol. The first-order valence-corrected chi connectivity index (χ1v) is 8.52. The molecule has 1 heterocycles. The van der Waals surface area contributed by atoms with Crippen LogP contribution < -0.4 is 0 Å². The molecule has 1 aromatic rings. The number of fused-ring (bicyclic) bond motifs is 1. The highest BCUT2D eigenvalue weighted by molar-refractivity contribution is 6.30. The Hall–Kier alpha value is -1.60. The largest absolute Gasteiger partial charge is 0.439 e. The lowest BCUT2D eigenvalue weighted by atomic mass is 9.74. The van der Waals surface area contributed by atoms with Crippen LogP contribution in [-0.2, 0) is 0 Å². The number of alkyl halides is 3. The smallest absolute Gasteiger partial charge is 0.362 e. The Morgan fingerprint density at radius 1 is 1.40 bits per heavy atom. The molecule has 0 radical (unpaired) electrons. The minimum atomic E-state index is -5.01. The van der Waals surface area contributed by atoms with Crippen LogP contribution in [0.3, 0.4) is 0 Å². The van der Waals surface area contributed by atoms with Crippen LogP contribution in [0.15, 0.2) is 29.4 Å². The molecule has 3 atom stereocenters. The maximum atomic E-state index is 13.8. The summed E-state index contributed by atoms with van der Waals surface area (Å²) in [5.74, 6) is -2.14. The summed E-state index contributed by atoms with van der Waals surface area (Å²) in [5, 5.41) is 15.1. The molecule has 25 heavy (non-hydrogen) atoms. The summed E-state index contributed by atoms with van der Waals surface area (Å²) in [7, 11) is 0. The van der Waals surface area contributed by atoms with Gasteiger partial charge in [-0.05, 0) is 49.4 Å². The third kappa shape index (κ3) is 2.93. The van der Waals surface area contributed by atoms with E-state index in [1.807, 2.05) is 6.92 Å². The zero-order chi connectivity index (χ0) is 18.4. The molecule has 0 bridgehead atoms. The van der Waals surface area contributed by atoms with Crippen molar-refractivity contribution in [3.05, 3.63) is 34.9 Å². The molecule has 1 aliphatic carbocycles. The van der Waals surface area contributed by atoms with Crippen molar-refractivity contribution in [1.29, 1.82) is 0 Å². The van der Waals surface area contributed by atoms with Crippen LogP contribution in [0.1, 0.15) is 43.0 Å². The molecular weight excluding hydrogens is 357 g/mol. The van der Waals surface area contributed by atoms with Gasteiger partial charge >= 0.3 is 6.18 Å². The minimum absolute atomic E-state index is 0.0119. The summed E-state index contributed by atoms with van der Waals surface area (Å²) in [6.45, 7) is 1.91. The third-order valence-corrected chi connectivity index (χ3v) is 5.35. The Morgan fingerprint density at radius 3 is 2.60 bits per heavy atom. The molecule has 136 valence electrons. The van der Waals surface area contributed by atoms with Gasteiger partial charge in [0.2, 0.25) is 0 Å². The van der Waals surface area contributed by atoms with Crippen molar-refractivity contribution in [3.63, 3.8) is 0 Å². The van der Waals surface area contributed by atoms with E-state index in [1.54, 1.807) is 0 Å². The van der Waals surface area contributed by atoms with Crippen LogP contribution in [0.4, 0.5) is 13.2 Å². The molecule has 3 rings (SSSR count). The van der Waals surface area contributed by atoms with Gasteiger partial charge in [0.05, 0.1) is 5.92 Å². The highest BCUT2D eigenvalue weighted by atomic mass is 35.5. The van der Waals surface area contributed by atoms with E-state index >= 15 is 0 Å². The van der Waals surface area contributed by atoms with E-state index in [1.165, 1.54) is 24.3 Å². The van der Waals surface area contributed by atoms with Gasteiger partial charge in [-0.15, -0.1) is 0 Å². The number of hydrazone groups is 1. The maximum Gasteiger partial charge on any atom is 0.439 e. The summed E-state index contributed by atoms with van der Waals surface area (Å²) < 4.78 is 41.4. The zero-order valence-electron chi connectivity index (χ0n) is 13.6. The molecule has 0 spiro atoms. The molecule has 1 N–H and O–H groups in total. The van der Waals surface area contributed by atoms with Crippen LogP contribution >= 0.6 is 11.6 Å². The summed E-state index contributed by atoms with van der Waals surface area (Å²) in [4.78, 5) is 12.6. The van der Waals surface area contributed by atoms with E-state index in [-0.39, 0.29) is 28.6 Å². The van der Waals surface area contributed by atoms with Gasteiger partial charge in [-0.2, -0.15) is 23.3 Å². The van der Waals surface area contributed by atoms with Crippen molar-refractivity contribution in [2.45, 2.75) is 44.5 Å². The number of hydrogen-bond donors (Lipinski definition) is 1. The first-order chi connectivity index (χ1) is 11.7. The Morgan fingerprint density at radius 2 is 2.04 bits per heavy atom. The zero-order valence-corrected chi connectivity index (χ0v) is 14.3. The highest BCUT2D eigenvalue weighted by Gasteiger charge is 2.68. The van der Waals surface area contributed by atoms with Crippen LogP contribution in [0.5, 0.6) is 0 Å². The summed E-state index contributed by atoms with van der Waals surface area (Å²) in [6, 6.07) is 5.45. The van der Waals surface area contributed by atoms with Crippen molar-refractivity contribution in [3.8, 4) is 0 Å². The molecule has 1 amide bonds. The number of amides is 1. The first-order valence-electron chi connectivity index (χ1n) is 8.15. The molecule has 1 fully saturated rings. The van der Waals surface area contributed by atoms with Crippen molar-refractivity contribution in [2.75, 3.05) is 0 Å². The van der Waals surface area contributed by atoms with E-state index in [0.717, 1.165) is 6.42 Å². The Bertz CT molecular complexity index is 705. The second-order valence-electron chi connectivity index (χ2n) is 6.54. The summed E-state index contributed by atoms with van der Waals surface area (Å²) in [6.07, 6.45) is -3.06. The van der Waals surface area contributed by atoms with E-state index in [2.05, 4.69) is 5.10 Å². The second kappa shape index (κ2) is 6.29. The Balaban J connectivity index is 2.01. The molecule has 4 nitrogen and oxygen atoms in total. The Labute approximate surface area is 148 Å². The minimum Gasteiger partial charge on any atom is -0.362 e. The van der Waals surface area contributed by atoms with Gasteiger partial charge in [0.15, 0.2) is 0 Å². The number of rotatable bonds is 2. The van der Waals surface area contributed by atoms with Gasteiger partial charge in [-0.1, -0.05) is 24.9 Å². The molecule has 8 heteroatoms. The van der Waals surface area contributed by atoms with Gasteiger partial charge in [-0.25, -0.2) is 0 Å². The lowest BCUT2D eigenvalue weighted by Gasteiger charge is -2.39. The second-order valence-corrected chi connectivity index (χ2v) is 6.98. The number of hydrogen-bond acceptors (Lipinski definition) is 3. The number of carbonyl (C=O) groups excluding carboxylic acids is 1. The SMILES string of the molecule is CC[C@@H]1CCC2=NN(C(=O)c3ccc(Cl)cc3)[C@](O)(C(F)(F)F)[C@@H]2C1. The van der Waals surface area contributed by atoms with Gasteiger partial charge in [0.25, 0.3) is 11.6 Å². The van der Waals surface area contributed by atoms with Crippen LogP contribution in [-0.4, -0.2) is 33.6 Å². The van der Waals surface area contributed by atoms with E-state index < -0.39 is 23.7 Å². The fourth-order valence-corrected chi connectivity index (χ4v) is 3.71. The molecule has 2 aliphatic rings. The maximum absolute atomic E-state index is 13.8. The number of benzene rings is 1. The molecule has 0 saturated heterocycles. The van der Waals surface area contributed by atoms with Crippen molar-refractivity contribution in [1.82, 2.24) is 5.01 Å². The molecular formula is C17H18ClF3N2O2. The van der Waals surface area contributed by atoms with Crippen LogP contribution in [0.2, 0.25) is 5.02 Å². The lowest BCUT2D eigenvalue weighted by Crippen LogP contribution is -2.61. The first kappa shape index (κ1) is 18.2. The predicted molar refractivity (Wildman–Crippen MR) is 87.2 cm³/mol. The van der Waals surface area contributed by atoms with Crippen molar-refractivity contribution in [2.24, 2.45) is 16.9 Å². The van der Waals surface area contributed by atoms with Gasteiger partial charge in [0.1, 0.15) is 0 Å². The molecule has 1 aromatic carbocycles. The molecule has 0 aromatic heterocycles. The fraction of sp³-hybridized carbons (Fsp3) is 0.529. The van der Waals surface area contributed by atoms with Crippen molar-refractivity contribution >= 4 is 23.2 Å². The standard InChI is InChI=1S/C17H18ClF3N2O2/c1-2-10-3-8-14-13(9-10)16(25,17(19,20)21)23(22-14)15(24)11-4-6-12(18)7-5-11/h4-7,10,13,25H,2-3,8-9H2,1H3/t10-,13-,16-/m1/s1. The number of halogens is 4. The number of nitrogens with zero attached hydrogens (tertiary/aromatic N) is 2. The van der Waals surface area contributed by atoms with Crippen molar-refractivity contribution < 1.29 is 23.1 Å². The molecule has 0 unspecified atom stereocenters. The normalized spacial score (nSPS) is 29.4. The van der Waals surface area contributed by atoms with Gasteiger partial charge < -0.3 is 5.11 Å². The number of carbonyl (C=O) groups is 1. The quantitative estimate of drug-likeness (QED) is 0.842. The molecule has 1 aliphatic heterocycles. The van der Waals surface area contributed by atoms with Gasteiger partial charge in [0, 0.05) is 16.3 Å². The van der Waals surface area contributed by atoms with Gasteiger partial charge in [-0.3, -0.25) is 4.79 Å². The summed E-state index contributed by atoms with van der Waals surface area (Å²) in [5.41, 5.74) is -3.08. The Kier molecular flexibility index (Phi) is 4.58. The third-order valence-electron chi connectivity index (χ3n) is 5.10. The summed E-state index contributed by atoms with van der Waals surface area (Å²) >= 11 is 5.75. The van der Waals surface area contributed by atoms with Crippen LogP contribution in [0, 0.1) is 11.8 Å². The van der Waals surface area contributed by atoms with E-state index in [4.69, 9.17) is 11.6 Å². The monoisotopic (exact) mass is 374 g/mol.